The van der Waals surface area contributed by atoms with Gasteiger partial charge in [0.25, 0.3) is 10.2 Å². The number of rotatable bonds is 7. The monoisotopic (exact) mass is 528 g/mol. The van der Waals surface area contributed by atoms with Gasteiger partial charge in [-0.3, -0.25) is 4.79 Å². The van der Waals surface area contributed by atoms with Crippen molar-refractivity contribution in [1.82, 2.24) is 18.6 Å². The molecule has 1 fully saturated rings. The van der Waals surface area contributed by atoms with Crippen molar-refractivity contribution in [2.75, 3.05) is 33.4 Å². The van der Waals surface area contributed by atoms with Crippen LogP contribution in [0.5, 0.6) is 5.75 Å². The molecule has 2 aliphatic rings. The van der Waals surface area contributed by atoms with Crippen LogP contribution in [0, 0.1) is 5.82 Å². The Morgan fingerprint density at radius 1 is 1.22 bits per heavy atom. The molecule has 1 aromatic carbocycles. The second-order valence-corrected chi connectivity index (χ2v) is 10.9. The molecule has 1 saturated heterocycles. The highest BCUT2D eigenvalue weighted by molar-refractivity contribution is 7.86. The highest BCUT2D eigenvalue weighted by Crippen LogP contribution is 2.37. The number of fused-ring (bicyclic) bond motifs is 1. The molecule has 0 saturated carbocycles. The van der Waals surface area contributed by atoms with Gasteiger partial charge in [0, 0.05) is 42.5 Å². The number of halogens is 1. The number of H-pyrrole nitrogens is 1. The lowest BCUT2D eigenvalue weighted by atomic mass is 10.0. The minimum Gasteiger partial charge on any atom is -0.496 e. The lowest BCUT2D eigenvalue weighted by molar-refractivity contribution is -0.146. The van der Waals surface area contributed by atoms with Crippen molar-refractivity contribution in [2.24, 2.45) is 0 Å². The smallest absolute Gasteiger partial charge is 0.324 e. The van der Waals surface area contributed by atoms with E-state index >= 15 is 0 Å². The van der Waals surface area contributed by atoms with Crippen LogP contribution in [0.1, 0.15) is 31.9 Å². The lowest BCUT2D eigenvalue weighted by Gasteiger charge is -2.31. The van der Waals surface area contributed by atoms with Crippen LogP contribution in [-0.4, -0.2) is 72.4 Å². The molecule has 1 N–H and O–H groups in total. The SMILES string of the molecule is CCOC(=O)C1CCCN1S(=O)(=O)N1CC=C(c2cc3c(-c4cc(F)ccc4OC)ccnc3[nH]2)CC1. The topological polar surface area (TPSA) is 105 Å². The Hall–Kier alpha value is -3.28. The third-order valence-electron chi connectivity index (χ3n) is 6.89. The van der Waals surface area contributed by atoms with E-state index in [1.54, 1.807) is 26.3 Å². The van der Waals surface area contributed by atoms with E-state index in [1.807, 2.05) is 18.2 Å². The van der Waals surface area contributed by atoms with Gasteiger partial charge in [0.1, 0.15) is 23.3 Å². The molecule has 5 rings (SSSR count). The maximum atomic E-state index is 14.0. The number of benzene rings is 1. The Morgan fingerprint density at radius 2 is 2.05 bits per heavy atom. The minimum atomic E-state index is -3.81. The zero-order valence-electron chi connectivity index (χ0n) is 20.7. The van der Waals surface area contributed by atoms with Crippen molar-refractivity contribution in [3.63, 3.8) is 0 Å². The summed E-state index contributed by atoms with van der Waals surface area (Å²) in [6.45, 7) is 2.70. The molecule has 0 radical (unpaired) electrons. The summed E-state index contributed by atoms with van der Waals surface area (Å²) in [6.07, 6.45) is 5.11. The molecule has 0 aliphatic carbocycles. The summed E-state index contributed by atoms with van der Waals surface area (Å²) in [7, 11) is -2.27. The van der Waals surface area contributed by atoms with Gasteiger partial charge in [-0.25, -0.2) is 9.37 Å². The summed E-state index contributed by atoms with van der Waals surface area (Å²) in [4.78, 5) is 20.1. The number of methoxy groups -OCH3 is 1. The molecule has 0 amide bonds. The average molecular weight is 529 g/mol. The normalized spacial score (nSPS) is 19.2. The van der Waals surface area contributed by atoms with Crippen LogP contribution < -0.4 is 4.74 Å². The Morgan fingerprint density at radius 3 is 2.78 bits per heavy atom. The van der Waals surface area contributed by atoms with Crippen LogP contribution in [-0.2, 0) is 19.7 Å². The molecule has 1 atom stereocenters. The molecule has 2 aliphatic heterocycles. The average Bonchev–Trinajstić information content (AvgIpc) is 3.57. The number of pyridine rings is 1. The molecule has 0 spiro atoms. The van der Waals surface area contributed by atoms with E-state index in [1.165, 1.54) is 20.7 Å². The molecule has 3 aromatic rings. The fourth-order valence-corrected chi connectivity index (χ4v) is 6.82. The molecule has 0 bridgehead atoms. The van der Waals surface area contributed by atoms with Gasteiger partial charge in [-0.2, -0.15) is 17.0 Å². The van der Waals surface area contributed by atoms with Crippen molar-refractivity contribution in [2.45, 2.75) is 32.2 Å². The van der Waals surface area contributed by atoms with Gasteiger partial charge in [0.05, 0.1) is 13.7 Å². The summed E-state index contributed by atoms with van der Waals surface area (Å²) in [5.74, 6) is -0.304. The number of carbonyl (C=O) groups is 1. The summed E-state index contributed by atoms with van der Waals surface area (Å²) in [5, 5.41) is 0.812. The van der Waals surface area contributed by atoms with Crippen LogP contribution >= 0.6 is 0 Å². The minimum absolute atomic E-state index is 0.192. The highest BCUT2D eigenvalue weighted by atomic mass is 32.2. The first-order valence-electron chi connectivity index (χ1n) is 12.3. The van der Waals surface area contributed by atoms with E-state index in [2.05, 4.69) is 9.97 Å². The fourth-order valence-electron chi connectivity index (χ4n) is 5.07. The number of esters is 1. The van der Waals surface area contributed by atoms with Crippen molar-refractivity contribution in [3.05, 3.63) is 54.1 Å². The summed E-state index contributed by atoms with van der Waals surface area (Å²) in [6, 6.07) is 7.38. The molecule has 11 heteroatoms. The standard InChI is InChI=1S/C26H29FN4O5S/c1-3-36-26(32)23-5-4-12-31(23)37(33,34)30-13-9-17(10-14-30)22-16-21-19(8-11-28-25(21)29-22)20-15-18(27)6-7-24(20)35-2/h6-9,11,15-16,23H,3-5,10,12-14H2,1-2H3,(H,28,29). The number of nitrogens with one attached hydrogen (secondary N) is 1. The first-order chi connectivity index (χ1) is 17.8. The Labute approximate surface area is 215 Å². The molecular weight excluding hydrogens is 499 g/mol. The lowest BCUT2D eigenvalue weighted by Crippen LogP contribution is -2.49. The maximum Gasteiger partial charge on any atom is 0.324 e. The fraction of sp³-hybridized carbons (Fsp3) is 0.385. The number of aromatic amines is 1. The van der Waals surface area contributed by atoms with Gasteiger partial charge < -0.3 is 14.5 Å². The highest BCUT2D eigenvalue weighted by Gasteiger charge is 2.42. The first kappa shape index (κ1) is 25.4. The number of hydrogen-bond acceptors (Lipinski definition) is 6. The Balaban J connectivity index is 1.40. The van der Waals surface area contributed by atoms with Crippen molar-refractivity contribution >= 4 is 32.8 Å². The third-order valence-corrected chi connectivity index (χ3v) is 8.90. The van der Waals surface area contributed by atoms with Crippen LogP contribution in [0.2, 0.25) is 0 Å². The van der Waals surface area contributed by atoms with E-state index in [-0.39, 0.29) is 25.5 Å². The quantitative estimate of drug-likeness (QED) is 0.469. The van der Waals surface area contributed by atoms with Crippen molar-refractivity contribution in [3.8, 4) is 16.9 Å². The van der Waals surface area contributed by atoms with E-state index in [0.29, 0.717) is 42.8 Å². The molecular formula is C26H29FN4O5S. The van der Waals surface area contributed by atoms with Crippen LogP contribution in [0.15, 0.2) is 42.6 Å². The van der Waals surface area contributed by atoms with Gasteiger partial charge >= 0.3 is 5.97 Å². The molecule has 9 nitrogen and oxygen atoms in total. The molecule has 1 unspecified atom stereocenters. The van der Waals surface area contributed by atoms with Gasteiger partial charge in [-0.15, -0.1) is 0 Å². The zero-order valence-corrected chi connectivity index (χ0v) is 21.6. The largest absolute Gasteiger partial charge is 0.496 e. The van der Waals surface area contributed by atoms with E-state index in [9.17, 15) is 17.6 Å². The van der Waals surface area contributed by atoms with E-state index in [0.717, 1.165) is 22.2 Å². The third kappa shape index (κ3) is 4.74. The Kier molecular flexibility index (Phi) is 7.02. The zero-order chi connectivity index (χ0) is 26.2. The van der Waals surface area contributed by atoms with Gasteiger partial charge in [0.2, 0.25) is 0 Å². The molecule has 4 heterocycles. The number of carbonyl (C=O) groups excluding carboxylic acids is 1. The number of aromatic nitrogens is 2. The summed E-state index contributed by atoms with van der Waals surface area (Å²) >= 11 is 0. The van der Waals surface area contributed by atoms with E-state index < -0.39 is 22.2 Å². The number of hydrogen-bond donors (Lipinski definition) is 1. The summed E-state index contributed by atoms with van der Waals surface area (Å²) < 4.78 is 53.9. The van der Waals surface area contributed by atoms with Crippen LogP contribution in [0.25, 0.3) is 27.7 Å². The van der Waals surface area contributed by atoms with Crippen LogP contribution in [0.3, 0.4) is 0 Å². The van der Waals surface area contributed by atoms with Gasteiger partial charge in [0.15, 0.2) is 0 Å². The maximum absolute atomic E-state index is 14.0. The second kappa shape index (κ2) is 10.2. The van der Waals surface area contributed by atoms with Crippen LogP contribution in [0.4, 0.5) is 4.39 Å². The van der Waals surface area contributed by atoms with Crippen molar-refractivity contribution in [1.29, 1.82) is 0 Å². The summed E-state index contributed by atoms with van der Waals surface area (Å²) in [5.41, 5.74) is 3.84. The van der Waals surface area contributed by atoms with Gasteiger partial charge in [-0.1, -0.05) is 6.08 Å². The van der Waals surface area contributed by atoms with Crippen molar-refractivity contribution < 1.29 is 27.1 Å². The van der Waals surface area contributed by atoms with E-state index in [4.69, 9.17) is 9.47 Å². The molecule has 2 aromatic heterocycles. The number of ether oxygens (including phenoxy) is 2. The predicted octanol–water partition coefficient (Wildman–Crippen LogP) is 3.74. The second-order valence-electron chi connectivity index (χ2n) is 9.01. The molecule has 37 heavy (non-hydrogen) atoms. The molecule has 196 valence electrons. The number of nitrogens with zero attached hydrogens (tertiary/aromatic N) is 3. The first-order valence-corrected chi connectivity index (χ1v) is 13.7. The Bertz CT molecular complexity index is 1470. The van der Waals surface area contributed by atoms with Gasteiger partial charge in [-0.05, 0) is 67.7 Å². The predicted molar refractivity (Wildman–Crippen MR) is 137 cm³/mol.